The highest BCUT2D eigenvalue weighted by molar-refractivity contribution is 5.66. The molecule has 0 atom stereocenters. The molecule has 4 nitrogen and oxygen atoms in total. The third-order valence-electron chi connectivity index (χ3n) is 2.79. The fraction of sp³-hybridized carbons (Fsp3) is 0.0769. The molecular weight excluding hydrogens is 214 g/mol. The summed E-state index contributed by atoms with van der Waals surface area (Å²) in [6.07, 6.45) is 3.77. The third-order valence-corrected chi connectivity index (χ3v) is 2.79. The molecule has 2 N–H and O–H groups in total. The van der Waals surface area contributed by atoms with Crippen LogP contribution in [0.1, 0.15) is 11.3 Å². The van der Waals surface area contributed by atoms with Gasteiger partial charge in [-0.1, -0.05) is 18.2 Å². The standard InChI is InChI=1S/C13H11N3O/c1-8-11(13(17)16-15-8)7-10-6-9-4-2-3-5-12(9)14-10/h2-7H,1H3,(H2,15,16,17). The molecule has 0 bridgehead atoms. The van der Waals surface area contributed by atoms with Gasteiger partial charge in [0.2, 0.25) is 0 Å². The number of aryl methyl sites for hydroxylation is 1. The van der Waals surface area contributed by atoms with Crippen molar-refractivity contribution in [3.05, 3.63) is 62.1 Å². The van der Waals surface area contributed by atoms with Gasteiger partial charge >= 0.3 is 0 Å². The summed E-state index contributed by atoms with van der Waals surface area (Å²) in [6, 6.07) is 7.89. The minimum Gasteiger partial charge on any atom is -0.302 e. The van der Waals surface area contributed by atoms with E-state index in [-0.39, 0.29) is 5.56 Å². The summed E-state index contributed by atoms with van der Waals surface area (Å²) in [4.78, 5) is 16.0. The molecule has 1 aromatic heterocycles. The average molecular weight is 225 g/mol. The second kappa shape index (κ2) is 3.59. The molecule has 2 aromatic rings. The Morgan fingerprint density at radius 2 is 2.06 bits per heavy atom. The predicted octanol–water partition coefficient (Wildman–Crippen LogP) is 0.466. The van der Waals surface area contributed by atoms with Gasteiger partial charge in [0.05, 0.1) is 16.6 Å². The number of rotatable bonds is 1. The fourth-order valence-electron chi connectivity index (χ4n) is 1.89. The maximum Gasteiger partial charge on any atom is 0.271 e. The monoisotopic (exact) mass is 225 g/mol. The van der Waals surface area contributed by atoms with E-state index in [1.807, 2.05) is 37.3 Å². The lowest BCUT2D eigenvalue weighted by molar-refractivity contribution is 1.02. The van der Waals surface area contributed by atoms with E-state index in [1.165, 1.54) is 0 Å². The molecule has 0 unspecified atom stereocenters. The predicted molar refractivity (Wildman–Crippen MR) is 65.8 cm³/mol. The van der Waals surface area contributed by atoms with Crippen LogP contribution in [-0.2, 0) is 0 Å². The van der Waals surface area contributed by atoms with Crippen molar-refractivity contribution in [1.82, 2.24) is 10.2 Å². The Morgan fingerprint density at radius 3 is 2.76 bits per heavy atom. The number of nitrogens with one attached hydrogen (secondary N) is 2. The summed E-state index contributed by atoms with van der Waals surface area (Å²) in [7, 11) is 0. The topological polar surface area (TPSA) is 61.0 Å². The number of H-pyrrole nitrogens is 2. The summed E-state index contributed by atoms with van der Waals surface area (Å²) in [5, 5.41) is 7.38. The molecule has 1 aliphatic heterocycles. The second-order valence-electron chi connectivity index (χ2n) is 4.00. The minimum absolute atomic E-state index is 0.116. The molecule has 0 saturated heterocycles. The summed E-state index contributed by atoms with van der Waals surface area (Å²) >= 11 is 0. The number of hydrogen-bond donors (Lipinski definition) is 2. The molecule has 0 amide bonds. The normalized spacial score (nSPS) is 15.5. The van der Waals surface area contributed by atoms with Gasteiger partial charge in [0.1, 0.15) is 0 Å². The van der Waals surface area contributed by atoms with Crippen LogP contribution < -0.4 is 16.1 Å². The highest BCUT2D eigenvalue weighted by Gasteiger charge is 2.05. The van der Waals surface area contributed by atoms with Gasteiger partial charge in [-0.05, 0) is 25.1 Å². The van der Waals surface area contributed by atoms with E-state index < -0.39 is 0 Å². The summed E-state index contributed by atoms with van der Waals surface area (Å²) in [5.41, 5.74) is 2.14. The Balaban J connectivity index is 2.16. The number of para-hydroxylation sites is 1. The lowest BCUT2D eigenvalue weighted by Gasteiger charge is -1.89. The first-order chi connectivity index (χ1) is 8.24. The SMILES string of the molecule is Cc1[nH][nH]c(=O)c1C=C1C=c2ccccc2=N1. The van der Waals surface area contributed by atoms with Gasteiger partial charge in [-0.25, -0.2) is 4.99 Å². The third kappa shape index (κ3) is 1.63. The average Bonchev–Trinajstić information content (AvgIpc) is 2.87. The quantitative estimate of drug-likeness (QED) is 0.728. The van der Waals surface area contributed by atoms with Crippen molar-refractivity contribution in [1.29, 1.82) is 0 Å². The number of hydrogen-bond acceptors (Lipinski definition) is 2. The number of allylic oxidation sites excluding steroid dienone is 1. The van der Waals surface area contributed by atoms with Crippen LogP contribution in [-0.4, -0.2) is 10.2 Å². The minimum atomic E-state index is -0.116. The summed E-state index contributed by atoms with van der Waals surface area (Å²) in [5.74, 6) is 0. The first-order valence-corrected chi connectivity index (χ1v) is 5.38. The molecule has 0 fully saturated rings. The molecule has 0 radical (unpaired) electrons. The highest BCUT2D eigenvalue weighted by Crippen LogP contribution is 2.08. The molecule has 84 valence electrons. The number of fused-ring (bicyclic) bond motifs is 1. The molecule has 4 heteroatoms. The zero-order chi connectivity index (χ0) is 11.8. The van der Waals surface area contributed by atoms with Crippen molar-refractivity contribution in [2.75, 3.05) is 0 Å². The van der Waals surface area contributed by atoms with E-state index in [0.717, 1.165) is 22.0 Å². The smallest absolute Gasteiger partial charge is 0.271 e. The van der Waals surface area contributed by atoms with Crippen LogP contribution in [0, 0.1) is 6.92 Å². The molecule has 1 aromatic carbocycles. The molecule has 0 aliphatic carbocycles. The molecule has 3 rings (SSSR count). The Hall–Kier alpha value is -2.36. The van der Waals surface area contributed by atoms with E-state index in [9.17, 15) is 4.79 Å². The Morgan fingerprint density at radius 1 is 1.24 bits per heavy atom. The number of nitrogens with zero attached hydrogens (tertiary/aromatic N) is 1. The fourth-order valence-corrected chi connectivity index (χ4v) is 1.89. The van der Waals surface area contributed by atoms with Crippen LogP contribution in [0.3, 0.4) is 0 Å². The van der Waals surface area contributed by atoms with Crippen molar-refractivity contribution >= 4 is 12.2 Å². The zero-order valence-corrected chi connectivity index (χ0v) is 9.32. The maximum absolute atomic E-state index is 11.5. The maximum atomic E-state index is 11.5. The van der Waals surface area contributed by atoms with E-state index in [4.69, 9.17) is 0 Å². The molecule has 0 saturated carbocycles. The Bertz CT molecular complexity index is 740. The summed E-state index contributed by atoms with van der Waals surface area (Å²) in [6.45, 7) is 1.85. The van der Waals surface area contributed by atoms with Crippen LogP contribution in [0.25, 0.3) is 12.2 Å². The van der Waals surface area contributed by atoms with Crippen LogP contribution in [0.2, 0.25) is 0 Å². The number of aromatic amines is 2. The first-order valence-electron chi connectivity index (χ1n) is 5.38. The van der Waals surface area contributed by atoms with Gasteiger partial charge < -0.3 is 5.10 Å². The van der Waals surface area contributed by atoms with E-state index in [1.54, 1.807) is 6.08 Å². The van der Waals surface area contributed by atoms with Crippen molar-refractivity contribution in [2.45, 2.75) is 6.92 Å². The lowest BCUT2D eigenvalue weighted by Crippen LogP contribution is -2.19. The van der Waals surface area contributed by atoms with Crippen LogP contribution in [0.5, 0.6) is 0 Å². The van der Waals surface area contributed by atoms with Crippen molar-refractivity contribution in [3.8, 4) is 0 Å². The van der Waals surface area contributed by atoms with Gasteiger partial charge in [0.25, 0.3) is 5.56 Å². The summed E-state index contributed by atoms with van der Waals surface area (Å²) < 4.78 is 0. The van der Waals surface area contributed by atoms with E-state index in [0.29, 0.717) is 5.56 Å². The number of aromatic nitrogens is 2. The van der Waals surface area contributed by atoms with Crippen molar-refractivity contribution in [2.24, 2.45) is 4.99 Å². The van der Waals surface area contributed by atoms with Crippen LogP contribution in [0.15, 0.2) is 39.7 Å². The van der Waals surface area contributed by atoms with E-state index in [2.05, 4.69) is 15.2 Å². The molecule has 17 heavy (non-hydrogen) atoms. The molecule has 0 spiro atoms. The Kier molecular flexibility index (Phi) is 2.08. The molecule has 1 aliphatic rings. The van der Waals surface area contributed by atoms with E-state index >= 15 is 0 Å². The first kappa shape index (κ1) is 9.84. The largest absolute Gasteiger partial charge is 0.302 e. The van der Waals surface area contributed by atoms with Crippen molar-refractivity contribution in [3.63, 3.8) is 0 Å². The van der Waals surface area contributed by atoms with Gasteiger partial charge in [-0.2, -0.15) is 0 Å². The molecular formula is C13H11N3O. The number of benzene rings is 1. The zero-order valence-electron chi connectivity index (χ0n) is 9.32. The van der Waals surface area contributed by atoms with Gasteiger partial charge in [0.15, 0.2) is 0 Å². The lowest BCUT2D eigenvalue weighted by atomic mass is 10.2. The van der Waals surface area contributed by atoms with Gasteiger partial charge in [-0.15, -0.1) is 0 Å². The van der Waals surface area contributed by atoms with Crippen LogP contribution in [0.4, 0.5) is 0 Å². The van der Waals surface area contributed by atoms with Crippen LogP contribution >= 0.6 is 0 Å². The second-order valence-corrected chi connectivity index (χ2v) is 4.00. The highest BCUT2D eigenvalue weighted by atomic mass is 16.1. The van der Waals surface area contributed by atoms with Gasteiger partial charge in [0, 0.05) is 10.9 Å². The molecule has 2 heterocycles. The van der Waals surface area contributed by atoms with Gasteiger partial charge in [-0.3, -0.25) is 9.89 Å². The van der Waals surface area contributed by atoms with Crippen molar-refractivity contribution < 1.29 is 0 Å². The Labute approximate surface area is 97.0 Å².